The van der Waals surface area contributed by atoms with Crippen LogP contribution in [0.3, 0.4) is 0 Å². The van der Waals surface area contributed by atoms with Gasteiger partial charge in [-0.3, -0.25) is 0 Å². The molecule has 5 rings (SSSR count). The molecule has 1 N–H and O–H groups in total. The summed E-state index contributed by atoms with van der Waals surface area (Å²) in [5.41, 5.74) is 3.89. The summed E-state index contributed by atoms with van der Waals surface area (Å²) in [6.45, 7) is 4.50. The summed E-state index contributed by atoms with van der Waals surface area (Å²) in [5, 5.41) is 9.33. The van der Waals surface area contributed by atoms with Gasteiger partial charge in [0.2, 0.25) is 11.1 Å². The molecule has 0 fully saturated rings. The quantitative estimate of drug-likeness (QED) is 0.186. The summed E-state index contributed by atoms with van der Waals surface area (Å²) in [6.07, 6.45) is 0. The Morgan fingerprint density at radius 2 is 1.87 bits per heavy atom. The van der Waals surface area contributed by atoms with Crippen LogP contribution in [0.15, 0.2) is 95.3 Å². The second kappa shape index (κ2) is 11.8. The van der Waals surface area contributed by atoms with Gasteiger partial charge in [-0.25, -0.2) is 9.48 Å². The van der Waals surface area contributed by atoms with Crippen LogP contribution in [0.4, 0.5) is 5.95 Å². The van der Waals surface area contributed by atoms with E-state index in [2.05, 4.69) is 5.32 Å². The lowest BCUT2D eigenvalue weighted by Gasteiger charge is -2.28. The number of thioether (sulfide) groups is 1. The lowest BCUT2D eigenvalue weighted by Crippen LogP contribution is -2.29. The van der Waals surface area contributed by atoms with E-state index in [0.29, 0.717) is 45.5 Å². The number of carbonyl (C=O) groups excluding carboxylic acids is 1. The predicted molar refractivity (Wildman–Crippen MR) is 149 cm³/mol. The molecule has 0 radical (unpaired) electrons. The van der Waals surface area contributed by atoms with E-state index in [0.717, 1.165) is 16.7 Å². The first-order valence-corrected chi connectivity index (χ1v) is 13.6. The van der Waals surface area contributed by atoms with E-state index in [1.165, 1.54) is 11.8 Å². The number of ether oxygens (including phenoxy) is 2. The number of hydrogen-bond acceptors (Lipinski definition) is 7. The SMILES string of the molecule is CCOc1cccc(C2C(C(=O)OCc3ccccc3)=C(C)Nc3nc(SCc4ccccc4Cl)nn32)c1. The first kappa shape index (κ1) is 25.9. The van der Waals surface area contributed by atoms with Gasteiger partial charge in [-0.1, -0.05) is 84.0 Å². The van der Waals surface area contributed by atoms with E-state index < -0.39 is 12.0 Å². The third-order valence-corrected chi connectivity index (χ3v) is 7.32. The molecule has 2 heterocycles. The zero-order valence-corrected chi connectivity index (χ0v) is 22.6. The maximum absolute atomic E-state index is 13.5. The van der Waals surface area contributed by atoms with E-state index in [4.69, 9.17) is 31.2 Å². The Morgan fingerprint density at radius 3 is 2.66 bits per heavy atom. The van der Waals surface area contributed by atoms with Crippen LogP contribution in [0.2, 0.25) is 5.02 Å². The zero-order valence-electron chi connectivity index (χ0n) is 21.1. The molecular formula is C29H27ClN4O3S. The molecule has 1 atom stereocenters. The summed E-state index contributed by atoms with van der Waals surface area (Å²) < 4.78 is 13.2. The van der Waals surface area contributed by atoms with Gasteiger partial charge >= 0.3 is 5.97 Å². The molecule has 0 amide bonds. The molecular weight excluding hydrogens is 520 g/mol. The molecule has 4 aromatic rings. The van der Waals surface area contributed by atoms with Crippen molar-refractivity contribution in [1.82, 2.24) is 14.8 Å². The molecule has 1 aliphatic rings. The van der Waals surface area contributed by atoms with Crippen LogP contribution in [0.5, 0.6) is 5.75 Å². The van der Waals surface area contributed by atoms with Gasteiger partial charge in [0, 0.05) is 16.5 Å². The Kier molecular flexibility index (Phi) is 8.00. The van der Waals surface area contributed by atoms with Crippen LogP contribution in [0, 0.1) is 0 Å². The lowest BCUT2D eigenvalue weighted by molar-refractivity contribution is -0.140. The number of allylic oxidation sites excluding steroid dienone is 1. The van der Waals surface area contributed by atoms with Crippen LogP contribution < -0.4 is 10.1 Å². The largest absolute Gasteiger partial charge is 0.494 e. The number of anilines is 1. The van der Waals surface area contributed by atoms with Crippen molar-refractivity contribution in [3.05, 3.63) is 112 Å². The molecule has 38 heavy (non-hydrogen) atoms. The highest BCUT2D eigenvalue weighted by Crippen LogP contribution is 2.38. The number of nitrogens with zero attached hydrogens (tertiary/aromatic N) is 3. The van der Waals surface area contributed by atoms with E-state index in [1.54, 1.807) is 4.68 Å². The number of nitrogens with one attached hydrogen (secondary N) is 1. The number of rotatable bonds is 9. The summed E-state index contributed by atoms with van der Waals surface area (Å²) in [5.74, 6) is 1.47. The highest BCUT2D eigenvalue weighted by Gasteiger charge is 2.35. The second-order valence-electron chi connectivity index (χ2n) is 8.68. The summed E-state index contributed by atoms with van der Waals surface area (Å²) >= 11 is 7.82. The van der Waals surface area contributed by atoms with Gasteiger partial charge in [0.25, 0.3) is 0 Å². The standard InChI is InChI=1S/C29H27ClN4O3S/c1-3-36-23-14-9-13-21(16-23)26-25(27(35)37-17-20-10-5-4-6-11-20)19(2)31-28-32-29(33-34(26)28)38-18-22-12-7-8-15-24(22)30/h4-16,26H,3,17-18H2,1-2H3,(H,31,32,33). The Labute approximate surface area is 230 Å². The van der Waals surface area contributed by atoms with Crippen molar-refractivity contribution in [2.75, 3.05) is 11.9 Å². The summed E-state index contributed by atoms with van der Waals surface area (Å²) in [7, 11) is 0. The van der Waals surface area contributed by atoms with E-state index in [1.807, 2.05) is 92.7 Å². The Bertz CT molecular complexity index is 1470. The highest BCUT2D eigenvalue weighted by atomic mass is 35.5. The lowest BCUT2D eigenvalue weighted by atomic mass is 9.95. The van der Waals surface area contributed by atoms with Crippen molar-refractivity contribution in [3.63, 3.8) is 0 Å². The number of carbonyl (C=O) groups is 1. The minimum Gasteiger partial charge on any atom is -0.494 e. The second-order valence-corrected chi connectivity index (χ2v) is 10.0. The Hall–Kier alpha value is -3.75. The number of aromatic nitrogens is 3. The van der Waals surface area contributed by atoms with Gasteiger partial charge in [0.1, 0.15) is 18.4 Å². The fourth-order valence-corrected chi connectivity index (χ4v) is 5.38. The van der Waals surface area contributed by atoms with Gasteiger partial charge in [-0.05, 0) is 48.7 Å². The molecule has 3 aromatic carbocycles. The van der Waals surface area contributed by atoms with E-state index in [9.17, 15) is 4.79 Å². The van der Waals surface area contributed by atoms with Crippen molar-refractivity contribution in [2.24, 2.45) is 0 Å². The zero-order chi connectivity index (χ0) is 26.5. The minimum absolute atomic E-state index is 0.172. The Morgan fingerprint density at radius 1 is 1.08 bits per heavy atom. The normalized spacial score (nSPS) is 14.6. The predicted octanol–water partition coefficient (Wildman–Crippen LogP) is 6.65. The summed E-state index contributed by atoms with van der Waals surface area (Å²) in [4.78, 5) is 18.2. The molecule has 1 unspecified atom stereocenters. The summed E-state index contributed by atoms with van der Waals surface area (Å²) in [6, 6.07) is 24.5. The number of benzene rings is 3. The van der Waals surface area contributed by atoms with Crippen molar-refractivity contribution in [3.8, 4) is 5.75 Å². The van der Waals surface area contributed by atoms with Crippen molar-refractivity contribution >= 4 is 35.3 Å². The highest BCUT2D eigenvalue weighted by molar-refractivity contribution is 7.98. The third-order valence-electron chi connectivity index (χ3n) is 6.07. The number of hydrogen-bond donors (Lipinski definition) is 1. The molecule has 0 saturated carbocycles. The molecule has 1 aliphatic heterocycles. The smallest absolute Gasteiger partial charge is 0.338 e. The average Bonchev–Trinajstić information content (AvgIpc) is 3.33. The fourth-order valence-electron chi connectivity index (χ4n) is 4.26. The van der Waals surface area contributed by atoms with Crippen molar-refractivity contribution < 1.29 is 14.3 Å². The van der Waals surface area contributed by atoms with E-state index in [-0.39, 0.29) is 6.61 Å². The molecule has 194 valence electrons. The van der Waals surface area contributed by atoms with Crippen LogP contribution in [0.25, 0.3) is 0 Å². The molecule has 0 aliphatic carbocycles. The topological polar surface area (TPSA) is 78.3 Å². The monoisotopic (exact) mass is 546 g/mol. The minimum atomic E-state index is -0.544. The third kappa shape index (κ3) is 5.71. The molecule has 0 saturated heterocycles. The van der Waals surface area contributed by atoms with Crippen LogP contribution in [0.1, 0.15) is 36.6 Å². The van der Waals surface area contributed by atoms with Crippen LogP contribution in [-0.4, -0.2) is 27.3 Å². The maximum Gasteiger partial charge on any atom is 0.338 e. The molecule has 0 bridgehead atoms. The first-order valence-electron chi connectivity index (χ1n) is 12.3. The first-order chi connectivity index (χ1) is 18.5. The van der Waals surface area contributed by atoms with E-state index >= 15 is 0 Å². The fraction of sp³-hybridized carbons (Fsp3) is 0.207. The van der Waals surface area contributed by atoms with Crippen LogP contribution in [-0.2, 0) is 21.9 Å². The van der Waals surface area contributed by atoms with Gasteiger partial charge in [0.05, 0.1) is 12.2 Å². The number of esters is 1. The van der Waals surface area contributed by atoms with Crippen LogP contribution >= 0.6 is 23.4 Å². The number of halogens is 1. The molecule has 7 nitrogen and oxygen atoms in total. The van der Waals surface area contributed by atoms with Gasteiger partial charge in [-0.15, -0.1) is 5.10 Å². The molecule has 1 aromatic heterocycles. The van der Waals surface area contributed by atoms with Gasteiger partial charge < -0.3 is 14.8 Å². The average molecular weight is 547 g/mol. The van der Waals surface area contributed by atoms with Crippen molar-refractivity contribution in [1.29, 1.82) is 0 Å². The Balaban J connectivity index is 1.47. The number of fused-ring (bicyclic) bond motifs is 1. The molecule has 0 spiro atoms. The maximum atomic E-state index is 13.5. The van der Waals surface area contributed by atoms with Gasteiger partial charge in [0.15, 0.2) is 0 Å². The van der Waals surface area contributed by atoms with Gasteiger partial charge in [-0.2, -0.15) is 4.98 Å². The molecule has 9 heteroatoms. The van der Waals surface area contributed by atoms with Crippen molar-refractivity contribution in [2.45, 2.75) is 37.4 Å².